The van der Waals surface area contributed by atoms with Crippen LogP contribution in [0.3, 0.4) is 0 Å². The molecule has 1 N–H and O–H groups in total. The predicted molar refractivity (Wildman–Crippen MR) is 91.9 cm³/mol. The number of nitrogens with zero attached hydrogens (tertiary/aromatic N) is 1. The molecule has 1 saturated carbocycles. The largest absolute Gasteiger partial charge is 0.356 e. The van der Waals surface area contributed by atoms with Gasteiger partial charge in [-0.1, -0.05) is 26.0 Å². The van der Waals surface area contributed by atoms with E-state index in [9.17, 15) is 14.0 Å². The van der Waals surface area contributed by atoms with Gasteiger partial charge in [-0.2, -0.15) is 0 Å². The third-order valence-corrected chi connectivity index (χ3v) is 4.37. The summed E-state index contributed by atoms with van der Waals surface area (Å²) in [6.45, 7) is 6.16. The maximum absolute atomic E-state index is 12.8. The number of rotatable bonds is 9. The van der Waals surface area contributed by atoms with Gasteiger partial charge < -0.3 is 10.2 Å². The molecule has 1 aromatic carbocycles. The van der Waals surface area contributed by atoms with Gasteiger partial charge in [0, 0.05) is 19.6 Å². The summed E-state index contributed by atoms with van der Waals surface area (Å²) in [6, 6.07) is 6.28. The summed E-state index contributed by atoms with van der Waals surface area (Å²) in [5, 5.41) is 2.89. The average Bonchev–Trinajstić information content (AvgIpc) is 3.36. The summed E-state index contributed by atoms with van der Waals surface area (Å²) in [5.74, 6) is -0.498. The molecule has 0 spiro atoms. The van der Waals surface area contributed by atoms with Crippen molar-refractivity contribution in [1.82, 2.24) is 10.2 Å². The Hall–Kier alpha value is -1.91. The topological polar surface area (TPSA) is 49.4 Å². The molecule has 1 aliphatic carbocycles. The summed E-state index contributed by atoms with van der Waals surface area (Å²) in [7, 11) is 0. The van der Waals surface area contributed by atoms with Crippen LogP contribution < -0.4 is 5.32 Å². The van der Waals surface area contributed by atoms with Crippen LogP contribution in [0, 0.1) is 17.7 Å². The summed E-state index contributed by atoms with van der Waals surface area (Å²) < 4.78 is 12.8. The first-order chi connectivity index (χ1) is 11.6. The molecule has 2 amide bonds. The highest BCUT2D eigenvalue weighted by molar-refractivity contribution is 5.92. The monoisotopic (exact) mass is 334 g/mol. The number of nitrogens with one attached hydrogen (secondary N) is 1. The lowest BCUT2D eigenvalue weighted by Crippen LogP contribution is -2.35. The Morgan fingerprint density at radius 3 is 2.33 bits per heavy atom. The Kier molecular flexibility index (Phi) is 6.76. The summed E-state index contributed by atoms with van der Waals surface area (Å²) in [5.41, 5.74) is 0.984. The lowest BCUT2D eigenvalue weighted by Gasteiger charge is -2.21. The van der Waals surface area contributed by atoms with Gasteiger partial charge in [0.25, 0.3) is 0 Å². The molecule has 0 heterocycles. The quantitative estimate of drug-likeness (QED) is 0.755. The minimum absolute atomic E-state index is 0.0385. The van der Waals surface area contributed by atoms with Crippen LogP contribution in [0.2, 0.25) is 0 Å². The molecule has 1 aliphatic rings. The second kappa shape index (κ2) is 8.81. The van der Waals surface area contributed by atoms with Gasteiger partial charge in [-0.25, -0.2) is 4.39 Å². The average molecular weight is 334 g/mol. The fourth-order valence-electron chi connectivity index (χ4n) is 2.98. The number of amides is 2. The standard InChI is InChI=1S/C19H27FN2O2/c1-3-11-22(12-4-2)19(24)17-13-16(17)18(23)21-10-9-14-5-7-15(20)8-6-14/h5-8,16-17H,3-4,9-13H2,1-2H3,(H,21,23). The molecule has 5 heteroatoms. The number of hydrogen-bond donors (Lipinski definition) is 1. The molecule has 0 aromatic heterocycles. The van der Waals surface area contributed by atoms with E-state index in [0.29, 0.717) is 19.4 Å². The molecular weight excluding hydrogens is 307 g/mol. The van der Waals surface area contributed by atoms with Gasteiger partial charge in [0.1, 0.15) is 5.82 Å². The number of carbonyl (C=O) groups is 2. The molecule has 24 heavy (non-hydrogen) atoms. The predicted octanol–water partition coefficient (Wildman–Crippen LogP) is 2.77. The fraction of sp³-hybridized carbons (Fsp3) is 0.579. The normalized spacial score (nSPS) is 19.0. The van der Waals surface area contributed by atoms with Crippen LogP contribution in [0.4, 0.5) is 4.39 Å². The molecule has 0 bridgehead atoms. The first-order valence-electron chi connectivity index (χ1n) is 8.87. The van der Waals surface area contributed by atoms with Crippen molar-refractivity contribution in [3.63, 3.8) is 0 Å². The Morgan fingerprint density at radius 1 is 1.12 bits per heavy atom. The van der Waals surface area contributed by atoms with E-state index in [0.717, 1.165) is 31.5 Å². The third-order valence-electron chi connectivity index (χ3n) is 4.37. The van der Waals surface area contributed by atoms with Gasteiger partial charge in [-0.3, -0.25) is 9.59 Å². The SMILES string of the molecule is CCCN(CCC)C(=O)C1CC1C(=O)NCCc1ccc(F)cc1. The summed E-state index contributed by atoms with van der Waals surface area (Å²) >= 11 is 0. The molecule has 0 saturated heterocycles. The van der Waals surface area contributed by atoms with Gasteiger partial charge >= 0.3 is 0 Å². The van der Waals surface area contributed by atoms with Gasteiger partial charge in [0.2, 0.25) is 11.8 Å². The van der Waals surface area contributed by atoms with Crippen molar-refractivity contribution in [1.29, 1.82) is 0 Å². The third kappa shape index (κ3) is 5.05. The Balaban J connectivity index is 1.74. The van der Waals surface area contributed by atoms with Crippen molar-refractivity contribution in [3.8, 4) is 0 Å². The Morgan fingerprint density at radius 2 is 1.75 bits per heavy atom. The number of halogens is 1. The summed E-state index contributed by atoms with van der Waals surface area (Å²) in [6.07, 6.45) is 3.19. The van der Waals surface area contributed by atoms with E-state index in [2.05, 4.69) is 19.2 Å². The molecule has 2 atom stereocenters. The zero-order chi connectivity index (χ0) is 17.5. The van der Waals surface area contributed by atoms with Crippen LogP contribution in [0.15, 0.2) is 24.3 Å². The number of benzene rings is 1. The van der Waals surface area contributed by atoms with E-state index >= 15 is 0 Å². The Labute approximate surface area is 143 Å². The highest BCUT2D eigenvalue weighted by atomic mass is 19.1. The first kappa shape index (κ1) is 18.4. The van der Waals surface area contributed by atoms with Crippen LogP contribution in [-0.4, -0.2) is 36.3 Å². The minimum Gasteiger partial charge on any atom is -0.356 e. The molecule has 1 aromatic rings. The van der Waals surface area contributed by atoms with Crippen molar-refractivity contribution >= 4 is 11.8 Å². The number of carbonyl (C=O) groups excluding carboxylic acids is 2. The van der Waals surface area contributed by atoms with Crippen LogP contribution in [0.1, 0.15) is 38.7 Å². The maximum atomic E-state index is 12.8. The van der Waals surface area contributed by atoms with Crippen molar-refractivity contribution in [2.45, 2.75) is 39.5 Å². The zero-order valence-electron chi connectivity index (χ0n) is 14.6. The van der Waals surface area contributed by atoms with Crippen LogP contribution in [-0.2, 0) is 16.0 Å². The van der Waals surface area contributed by atoms with E-state index in [4.69, 9.17) is 0 Å². The molecule has 2 unspecified atom stereocenters. The highest BCUT2D eigenvalue weighted by Crippen LogP contribution is 2.40. The van der Waals surface area contributed by atoms with E-state index < -0.39 is 0 Å². The number of hydrogen-bond acceptors (Lipinski definition) is 2. The van der Waals surface area contributed by atoms with E-state index in [1.165, 1.54) is 12.1 Å². The van der Waals surface area contributed by atoms with Gasteiger partial charge in [0.15, 0.2) is 0 Å². The molecule has 2 rings (SSSR count). The van der Waals surface area contributed by atoms with Crippen LogP contribution >= 0.6 is 0 Å². The van der Waals surface area contributed by atoms with Crippen molar-refractivity contribution in [3.05, 3.63) is 35.6 Å². The van der Waals surface area contributed by atoms with Crippen molar-refractivity contribution in [2.75, 3.05) is 19.6 Å². The van der Waals surface area contributed by atoms with Gasteiger partial charge in [-0.05, 0) is 43.4 Å². The second-order valence-corrected chi connectivity index (χ2v) is 6.44. The first-order valence-corrected chi connectivity index (χ1v) is 8.87. The maximum Gasteiger partial charge on any atom is 0.226 e. The molecular formula is C19H27FN2O2. The fourth-order valence-corrected chi connectivity index (χ4v) is 2.98. The second-order valence-electron chi connectivity index (χ2n) is 6.44. The zero-order valence-corrected chi connectivity index (χ0v) is 14.6. The van der Waals surface area contributed by atoms with Crippen molar-refractivity contribution < 1.29 is 14.0 Å². The van der Waals surface area contributed by atoms with E-state index in [1.54, 1.807) is 12.1 Å². The van der Waals surface area contributed by atoms with E-state index in [-0.39, 0.29) is 29.5 Å². The highest BCUT2D eigenvalue weighted by Gasteiger charge is 2.49. The van der Waals surface area contributed by atoms with E-state index in [1.807, 2.05) is 4.90 Å². The molecule has 0 radical (unpaired) electrons. The van der Waals surface area contributed by atoms with Gasteiger partial charge in [-0.15, -0.1) is 0 Å². The molecule has 132 valence electrons. The molecule has 0 aliphatic heterocycles. The summed E-state index contributed by atoms with van der Waals surface area (Å²) in [4.78, 5) is 26.5. The molecule has 4 nitrogen and oxygen atoms in total. The molecule has 1 fully saturated rings. The van der Waals surface area contributed by atoms with Gasteiger partial charge in [0.05, 0.1) is 11.8 Å². The smallest absolute Gasteiger partial charge is 0.226 e. The lowest BCUT2D eigenvalue weighted by atomic mass is 10.1. The minimum atomic E-state index is -0.258. The van der Waals surface area contributed by atoms with Crippen molar-refractivity contribution in [2.24, 2.45) is 11.8 Å². The van der Waals surface area contributed by atoms with Crippen LogP contribution in [0.5, 0.6) is 0 Å². The Bertz CT molecular complexity index is 553. The van der Waals surface area contributed by atoms with Crippen LogP contribution in [0.25, 0.3) is 0 Å². The lowest BCUT2D eigenvalue weighted by molar-refractivity contribution is -0.134.